The highest BCUT2D eigenvalue weighted by Gasteiger charge is 1.95. The zero-order valence-corrected chi connectivity index (χ0v) is 5.54. The largest absolute Gasteiger partial charge is 0.336 e. The van der Waals surface area contributed by atoms with Gasteiger partial charge in [0.05, 0.1) is 19.1 Å². The lowest BCUT2D eigenvalue weighted by Crippen LogP contribution is -1.96. The van der Waals surface area contributed by atoms with Gasteiger partial charge in [-0.15, -0.1) is 0 Å². The lowest BCUT2D eigenvalue weighted by molar-refractivity contribution is -0.204. The summed E-state index contributed by atoms with van der Waals surface area (Å²) in [6, 6.07) is 1.82. The van der Waals surface area contributed by atoms with Gasteiger partial charge in [0.15, 0.2) is 0 Å². The summed E-state index contributed by atoms with van der Waals surface area (Å²) in [5, 5.41) is 7.96. The van der Waals surface area contributed by atoms with Crippen molar-refractivity contribution in [3.8, 4) is 6.07 Å². The van der Waals surface area contributed by atoms with E-state index in [0.717, 1.165) is 0 Å². The molecule has 0 spiro atoms. The van der Waals surface area contributed by atoms with Crippen LogP contribution in [0, 0.1) is 11.3 Å². The third-order valence-corrected chi connectivity index (χ3v) is 0.684. The average Bonchev–Trinajstić information content (AvgIpc) is 1.80. The van der Waals surface area contributed by atoms with Crippen molar-refractivity contribution in [3.05, 3.63) is 0 Å². The predicted molar refractivity (Wildman–Crippen MR) is 30.6 cm³/mol. The second-order valence-corrected chi connectivity index (χ2v) is 1.86. The zero-order chi connectivity index (χ0) is 7.11. The van der Waals surface area contributed by atoms with Crippen LogP contribution in [0.2, 0.25) is 0 Å². The first-order valence-corrected chi connectivity index (χ1v) is 3.45. The molecule has 0 bridgehead atoms. The van der Waals surface area contributed by atoms with Crippen molar-refractivity contribution in [1.82, 2.24) is 0 Å². The maximum atomic E-state index is 8.26. The van der Waals surface area contributed by atoms with Gasteiger partial charge < -0.3 is 4.89 Å². The van der Waals surface area contributed by atoms with Crippen molar-refractivity contribution in [3.63, 3.8) is 0 Å². The molecule has 1 atom stereocenters. The SMILES string of the molecule is N#CCCOOP(N)O. The topological polar surface area (TPSA) is 88.5 Å². The summed E-state index contributed by atoms with van der Waals surface area (Å²) in [5.74, 6) is 0. The first-order chi connectivity index (χ1) is 4.27. The van der Waals surface area contributed by atoms with E-state index in [1.54, 1.807) is 0 Å². The lowest BCUT2D eigenvalue weighted by Gasteiger charge is -2.00. The molecule has 5 nitrogen and oxygen atoms in total. The normalized spacial score (nSPS) is 12.6. The highest BCUT2D eigenvalue weighted by molar-refractivity contribution is 7.43. The number of rotatable bonds is 4. The Morgan fingerprint density at radius 1 is 1.78 bits per heavy atom. The van der Waals surface area contributed by atoms with Crippen LogP contribution in [-0.4, -0.2) is 11.5 Å². The fourth-order valence-electron chi connectivity index (χ4n) is 0.179. The number of nitrogens with zero attached hydrogens (tertiary/aromatic N) is 1. The van der Waals surface area contributed by atoms with E-state index in [1.807, 2.05) is 6.07 Å². The van der Waals surface area contributed by atoms with Crippen LogP contribution < -0.4 is 5.50 Å². The van der Waals surface area contributed by atoms with Crippen molar-refractivity contribution < 1.29 is 14.5 Å². The van der Waals surface area contributed by atoms with Crippen molar-refractivity contribution in [2.24, 2.45) is 5.50 Å². The summed E-state index contributed by atoms with van der Waals surface area (Å²) in [6.45, 7) is 0.132. The van der Waals surface area contributed by atoms with Crippen LogP contribution in [-0.2, 0) is 9.56 Å². The van der Waals surface area contributed by atoms with E-state index in [4.69, 9.17) is 15.7 Å². The van der Waals surface area contributed by atoms with Gasteiger partial charge >= 0.3 is 0 Å². The van der Waals surface area contributed by atoms with E-state index >= 15 is 0 Å². The number of nitriles is 1. The minimum atomic E-state index is -1.95. The molecule has 0 radical (unpaired) electrons. The molecule has 6 heteroatoms. The van der Waals surface area contributed by atoms with E-state index in [-0.39, 0.29) is 13.0 Å². The number of hydrogen-bond acceptors (Lipinski definition) is 5. The summed E-state index contributed by atoms with van der Waals surface area (Å²) in [7, 11) is -1.95. The Kier molecular flexibility index (Phi) is 5.73. The zero-order valence-electron chi connectivity index (χ0n) is 4.65. The van der Waals surface area contributed by atoms with Crippen molar-refractivity contribution in [2.45, 2.75) is 6.42 Å². The molecule has 0 heterocycles. The monoisotopic (exact) mass is 150 g/mol. The molecule has 0 aliphatic heterocycles. The van der Waals surface area contributed by atoms with Crippen LogP contribution in [0.4, 0.5) is 0 Å². The average molecular weight is 150 g/mol. The minimum absolute atomic E-state index is 0.132. The second kappa shape index (κ2) is 5.89. The third kappa shape index (κ3) is 7.76. The van der Waals surface area contributed by atoms with Gasteiger partial charge in [-0.05, 0) is 0 Å². The Balaban J connectivity index is 2.85. The summed E-state index contributed by atoms with van der Waals surface area (Å²) >= 11 is 0. The fourth-order valence-corrected chi connectivity index (χ4v) is 0.361. The molecular weight excluding hydrogens is 143 g/mol. The molecule has 0 rings (SSSR count). The first kappa shape index (κ1) is 8.76. The molecular formula is C3H7N2O3P. The van der Waals surface area contributed by atoms with Crippen LogP contribution in [0.3, 0.4) is 0 Å². The van der Waals surface area contributed by atoms with Crippen LogP contribution in [0.25, 0.3) is 0 Å². The molecule has 52 valence electrons. The smallest absolute Gasteiger partial charge is 0.283 e. The molecule has 0 saturated heterocycles. The van der Waals surface area contributed by atoms with Crippen molar-refractivity contribution in [2.75, 3.05) is 6.61 Å². The van der Waals surface area contributed by atoms with Crippen LogP contribution >= 0.6 is 8.53 Å². The van der Waals surface area contributed by atoms with E-state index in [9.17, 15) is 0 Å². The van der Waals surface area contributed by atoms with Crippen molar-refractivity contribution >= 4 is 8.53 Å². The molecule has 0 aliphatic carbocycles. The summed E-state index contributed by atoms with van der Waals surface area (Å²) in [5.41, 5.74) is 4.76. The molecule has 3 N–H and O–H groups in total. The molecule has 0 fully saturated rings. The quantitative estimate of drug-likeness (QED) is 0.255. The minimum Gasteiger partial charge on any atom is -0.336 e. The van der Waals surface area contributed by atoms with Gasteiger partial charge in [-0.2, -0.15) is 9.94 Å². The second-order valence-electron chi connectivity index (χ2n) is 1.11. The van der Waals surface area contributed by atoms with Gasteiger partial charge in [-0.25, -0.2) is 4.89 Å². The number of nitrogens with two attached hydrogens (primary N) is 1. The van der Waals surface area contributed by atoms with Gasteiger partial charge in [-0.1, -0.05) is 0 Å². The fraction of sp³-hybridized carbons (Fsp3) is 0.667. The van der Waals surface area contributed by atoms with Gasteiger partial charge in [-0.3, -0.25) is 5.50 Å². The highest BCUT2D eigenvalue weighted by Crippen LogP contribution is 2.19. The van der Waals surface area contributed by atoms with Crippen molar-refractivity contribution in [1.29, 1.82) is 5.26 Å². The van der Waals surface area contributed by atoms with E-state index in [2.05, 4.69) is 9.56 Å². The standard InChI is InChI=1S/C3H7N2O3P/c4-2-1-3-7-8-9(5)6/h6H,1,3,5H2. The molecule has 0 amide bonds. The predicted octanol–water partition coefficient (Wildman–Crippen LogP) is 0.0262. The van der Waals surface area contributed by atoms with Gasteiger partial charge in [0.1, 0.15) is 0 Å². The Bertz CT molecular complexity index is 102. The lowest BCUT2D eigenvalue weighted by atomic mass is 10.5. The molecule has 0 aliphatic rings. The van der Waals surface area contributed by atoms with Crippen LogP contribution in [0.5, 0.6) is 0 Å². The van der Waals surface area contributed by atoms with Gasteiger partial charge in [0.25, 0.3) is 8.53 Å². The maximum Gasteiger partial charge on any atom is 0.283 e. The maximum absolute atomic E-state index is 8.26. The van der Waals surface area contributed by atoms with E-state index < -0.39 is 8.53 Å². The van der Waals surface area contributed by atoms with Crippen LogP contribution in [0.1, 0.15) is 6.42 Å². The van der Waals surface area contributed by atoms with E-state index in [0.29, 0.717) is 0 Å². The summed E-state index contributed by atoms with van der Waals surface area (Å²) < 4.78 is 4.09. The molecule has 0 aromatic rings. The van der Waals surface area contributed by atoms with Gasteiger partial charge in [0, 0.05) is 0 Å². The molecule has 1 unspecified atom stereocenters. The Morgan fingerprint density at radius 2 is 2.44 bits per heavy atom. The molecule has 0 aromatic heterocycles. The Morgan fingerprint density at radius 3 is 2.89 bits per heavy atom. The van der Waals surface area contributed by atoms with Gasteiger partial charge in [0.2, 0.25) is 0 Å². The Hall–Kier alpha value is -0.240. The third-order valence-electron chi connectivity index (χ3n) is 0.426. The van der Waals surface area contributed by atoms with E-state index in [1.165, 1.54) is 0 Å². The summed E-state index contributed by atoms with van der Waals surface area (Å²) in [6.07, 6.45) is 0.225. The summed E-state index contributed by atoms with van der Waals surface area (Å²) in [4.78, 5) is 12.5. The van der Waals surface area contributed by atoms with Crippen LogP contribution in [0.15, 0.2) is 0 Å². The molecule has 0 aromatic carbocycles. The highest BCUT2D eigenvalue weighted by atomic mass is 31.2. The molecule has 0 saturated carbocycles. The number of hydrogen-bond donors (Lipinski definition) is 2. The first-order valence-electron chi connectivity index (χ1n) is 2.17. The molecule has 9 heavy (non-hydrogen) atoms. The Labute approximate surface area is 53.9 Å².